The van der Waals surface area contributed by atoms with Crippen molar-refractivity contribution < 1.29 is 28.7 Å². The molecule has 166 valence electrons. The molecule has 1 saturated heterocycles. The summed E-state index contributed by atoms with van der Waals surface area (Å²) in [5, 5.41) is 2.22. The van der Waals surface area contributed by atoms with E-state index in [0.717, 1.165) is 16.0 Å². The molecule has 3 rings (SSSR count). The van der Waals surface area contributed by atoms with E-state index in [-0.39, 0.29) is 18.3 Å². The van der Waals surface area contributed by atoms with Crippen molar-refractivity contribution in [2.75, 3.05) is 11.5 Å². The minimum absolute atomic E-state index is 0.167. The summed E-state index contributed by atoms with van der Waals surface area (Å²) in [5.74, 6) is -1.52. The lowest BCUT2D eigenvalue weighted by atomic mass is 10.0. The molecule has 8 nitrogen and oxygen atoms in total. The third-order valence-electron chi connectivity index (χ3n) is 4.83. The van der Waals surface area contributed by atoms with Crippen LogP contribution in [0.15, 0.2) is 48.0 Å². The van der Waals surface area contributed by atoms with E-state index in [1.54, 1.807) is 57.2 Å². The quantitative estimate of drug-likeness (QED) is 0.424. The van der Waals surface area contributed by atoms with E-state index < -0.39 is 23.8 Å². The minimum atomic E-state index is -0.789. The standard InChI is InChI=1S/C24H24N2O6/c1-14(2)32-21(27)13-31-18-10-8-17(9-11-18)12-19-22(28)25-24(30)26(23(19)29)20-7-5-6-15(3)16(20)4/h5-12,14H,13H2,1-4H3,(H,25,28,30)/b19-12+. The van der Waals surface area contributed by atoms with Gasteiger partial charge in [0.1, 0.15) is 11.3 Å². The first-order valence-electron chi connectivity index (χ1n) is 10.1. The first-order chi connectivity index (χ1) is 15.2. The van der Waals surface area contributed by atoms with Gasteiger partial charge in [-0.15, -0.1) is 0 Å². The minimum Gasteiger partial charge on any atom is -0.482 e. The number of rotatable bonds is 6. The number of benzene rings is 2. The second kappa shape index (κ2) is 9.47. The second-order valence-electron chi connectivity index (χ2n) is 7.57. The summed E-state index contributed by atoms with van der Waals surface area (Å²) in [5.41, 5.74) is 2.49. The van der Waals surface area contributed by atoms with Crippen LogP contribution in [-0.4, -0.2) is 36.5 Å². The van der Waals surface area contributed by atoms with Crippen molar-refractivity contribution in [3.8, 4) is 5.75 Å². The zero-order valence-corrected chi connectivity index (χ0v) is 18.3. The number of ether oxygens (including phenoxy) is 2. The molecule has 0 unspecified atom stereocenters. The lowest BCUT2D eigenvalue weighted by molar-refractivity contribution is -0.149. The number of hydrogen-bond donors (Lipinski definition) is 1. The molecule has 32 heavy (non-hydrogen) atoms. The number of carbonyl (C=O) groups is 4. The van der Waals surface area contributed by atoms with Crippen LogP contribution in [0.2, 0.25) is 0 Å². The normalized spacial score (nSPS) is 15.2. The molecular weight excluding hydrogens is 412 g/mol. The highest BCUT2D eigenvalue weighted by Gasteiger charge is 2.37. The Labute approximate surface area is 185 Å². The molecule has 1 N–H and O–H groups in total. The SMILES string of the molecule is Cc1cccc(N2C(=O)NC(=O)/C(=C\c3ccc(OCC(=O)OC(C)C)cc3)C2=O)c1C. The van der Waals surface area contributed by atoms with Crippen molar-refractivity contribution in [1.29, 1.82) is 0 Å². The van der Waals surface area contributed by atoms with Crippen molar-refractivity contribution in [2.24, 2.45) is 0 Å². The van der Waals surface area contributed by atoms with Gasteiger partial charge in [-0.05, 0) is 68.7 Å². The average Bonchev–Trinajstić information content (AvgIpc) is 2.73. The number of anilines is 1. The fraction of sp³-hybridized carbons (Fsp3) is 0.250. The molecule has 0 saturated carbocycles. The largest absolute Gasteiger partial charge is 0.482 e. The topological polar surface area (TPSA) is 102 Å². The number of aryl methyl sites for hydroxylation is 1. The predicted molar refractivity (Wildman–Crippen MR) is 118 cm³/mol. The highest BCUT2D eigenvalue weighted by Crippen LogP contribution is 2.27. The van der Waals surface area contributed by atoms with Gasteiger partial charge < -0.3 is 9.47 Å². The maximum absolute atomic E-state index is 13.0. The molecule has 0 bridgehead atoms. The van der Waals surface area contributed by atoms with Gasteiger partial charge in [0, 0.05) is 0 Å². The number of amides is 4. The Kier molecular flexibility index (Phi) is 6.73. The van der Waals surface area contributed by atoms with Crippen LogP contribution in [0.4, 0.5) is 10.5 Å². The molecule has 0 radical (unpaired) electrons. The number of carbonyl (C=O) groups excluding carboxylic acids is 4. The van der Waals surface area contributed by atoms with Crippen LogP contribution in [0.3, 0.4) is 0 Å². The average molecular weight is 436 g/mol. The Balaban J connectivity index is 1.80. The van der Waals surface area contributed by atoms with Gasteiger partial charge in [-0.25, -0.2) is 14.5 Å². The number of nitrogens with one attached hydrogen (secondary N) is 1. The van der Waals surface area contributed by atoms with E-state index >= 15 is 0 Å². The van der Waals surface area contributed by atoms with Crippen molar-refractivity contribution in [3.63, 3.8) is 0 Å². The molecule has 1 fully saturated rings. The number of imide groups is 2. The fourth-order valence-electron chi connectivity index (χ4n) is 3.12. The van der Waals surface area contributed by atoms with E-state index in [9.17, 15) is 19.2 Å². The van der Waals surface area contributed by atoms with Crippen LogP contribution in [0.5, 0.6) is 5.75 Å². The molecule has 8 heteroatoms. The van der Waals surface area contributed by atoms with Gasteiger partial charge in [0.2, 0.25) is 0 Å². The van der Waals surface area contributed by atoms with Crippen LogP contribution in [0.25, 0.3) is 6.08 Å². The zero-order valence-electron chi connectivity index (χ0n) is 18.3. The number of nitrogens with zero attached hydrogens (tertiary/aromatic N) is 1. The van der Waals surface area contributed by atoms with Crippen LogP contribution >= 0.6 is 0 Å². The Morgan fingerprint density at radius 1 is 1.06 bits per heavy atom. The summed E-state index contributed by atoms with van der Waals surface area (Å²) in [6.45, 7) is 6.95. The summed E-state index contributed by atoms with van der Waals surface area (Å²) in [4.78, 5) is 50.4. The number of barbiturate groups is 1. The summed E-state index contributed by atoms with van der Waals surface area (Å²) >= 11 is 0. The molecule has 1 aliphatic rings. The van der Waals surface area contributed by atoms with Crippen LogP contribution in [-0.2, 0) is 19.1 Å². The van der Waals surface area contributed by atoms with Gasteiger partial charge >= 0.3 is 12.0 Å². The molecule has 1 aliphatic heterocycles. The zero-order chi connectivity index (χ0) is 23.4. The van der Waals surface area contributed by atoms with Gasteiger partial charge in [-0.3, -0.25) is 14.9 Å². The number of urea groups is 1. The van der Waals surface area contributed by atoms with Gasteiger partial charge in [0.05, 0.1) is 11.8 Å². The molecule has 0 atom stereocenters. The lowest BCUT2D eigenvalue weighted by Crippen LogP contribution is -2.54. The Morgan fingerprint density at radius 2 is 1.75 bits per heavy atom. The second-order valence-corrected chi connectivity index (χ2v) is 7.57. The smallest absolute Gasteiger partial charge is 0.344 e. The molecule has 4 amide bonds. The molecule has 0 aromatic heterocycles. The van der Waals surface area contributed by atoms with Gasteiger partial charge in [0.15, 0.2) is 6.61 Å². The Hall–Kier alpha value is -3.94. The summed E-state index contributed by atoms with van der Waals surface area (Å²) in [6, 6.07) is 11.0. The van der Waals surface area contributed by atoms with Crippen molar-refractivity contribution in [3.05, 3.63) is 64.7 Å². The van der Waals surface area contributed by atoms with Crippen molar-refractivity contribution in [2.45, 2.75) is 33.8 Å². The molecule has 2 aromatic carbocycles. The Morgan fingerprint density at radius 3 is 2.41 bits per heavy atom. The first-order valence-corrected chi connectivity index (χ1v) is 10.1. The van der Waals surface area contributed by atoms with Crippen LogP contribution in [0.1, 0.15) is 30.5 Å². The fourth-order valence-corrected chi connectivity index (χ4v) is 3.12. The highest BCUT2D eigenvalue weighted by atomic mass is 16.6. The van der Waals surface area contributed by atoms with Gasteiger partial charge in [-0.2, -0.15) is 0 Å². The summed E-state index contributed by atoms with van der Waals surface area (Å²) in [6.07, 6.45) is 1.17. The van der Waals surface area contributed by atoms with Crippen molar-refractivity contribution in [1.82, 2.24) is 5.32 Å². The molecular formula is C24H24N2O6. The summed E-state index contributed by atoms with van der Waals surface area (Å²) < 4.78 is 10.4. The maximum Gasteiger partial charge on any atom is 0.344 e. The Bertz CT molecular complexity index is 1100. The number of hydrogen-bond acceptors (Lipinski definition) is 6. The lowest BCUT2D eigenvalue weighted by Gasteiger charge is -2.28. The third kappa shape index (κ3) is 5.03. The van der Waals surface area contributed by atoms with Crippen LogP contribution in [0, 0.1) is 13.8 Å². The molecule has 0 aliphatic carbocycles. The van der Waals surface area contributed by atoms with E-state index in [1.807, 2.05) is 13.0 Å². The molecule has 2 aromatic rings. The van der Waals surface area contributed by atoms with Crippen LogP contribution < -0.4 is 15.0 Å². The maximum atomic E-state index is 13.0. The van der Waals surface area contributed by atoms with Crippen molar-refractivity contribution >= 4 is 35.6 Å². The molecule has 1 heterocycles. The van der Waals surface area contributed by atoms with Gasteiger partial charge in [0.25, 0.3) is 11.8 Å². The van der Waals surface area contributed by atoms with Gasteiger partial charge in [-0.1, -0.05) is 24.3 Å². The summed E-state index contributed by atoms with van der Waals surface area (Å²) in [7, 11) is 0. The first kappa shape index (κ1) is 22.7. The monoisotopic (exact) mass is 436 g/mol. The number of esters is 1. The van der Waals surface area contributed by atoms with E-state index in [2.05, 4.69) is 5.32 Å². The van der Waals surface area contributed by atoms with E-state index in [4.69, 9.17) is 9.47 Å². The molecule has 0 spiro atoms. The van der Waals surface area contributed by atoms with E-state index in [0.29, 0.717) is 17.0 Å². The predicted octanol–water partition coefficient (Wildman–Crippen LogP) is 3.30. The third-order valence-corrected chi connectivity index (χ3v) is 4.83. The van der Waals surface area contributed by atoms with E-state index in [1.165, 1.54) is 6.08 Å². The highest BCUT2D eigenvalue weighted by molar-refractivity contribution is 6.39.